The van der Waals surface area contributed by atoms with Crippen LogP contribution in [0.25, 0.3) is 0 Å². The van der Waals surface area contributed by atoms with E-state index in [1.54, 1.807) is 12.1 Å². The molecule has 0 aliphatic rings. The standard InChI is InChI=1S/C17H14F3NO4/c1-11-4-2-3-5-14(11)21-15(22)10-24-16(23)12-6-8-13(9-7-12)25-17(18,19)20/h2-9H,10H2,1H3,(H,21,22). The Labute approximate surface area is 141 Å². The van der Waals surface area contributed by atoms with Crippen molar-refractivity contribution in [3.05, 3.63) is 59.7 Å². The van der Waals surface area contributed by atoms with Crippen molar-refractivity contribution in [1.29, 1.82) is 0 Å². The van der Waals surface area contributed by atoms with E-state index in [2.05, 4.69) is 10.1 Å². The topological polar surface area (TPSA) is 64.6 Å². The molecule has 1 N–H and O–H groups in total. The van der Waals surface area contributed by atoms with Crippen LogP contribution in [0.2, 0.25) is 0 Å². The van der Waals surface area contributed by atoms with E-state index in [1.807, 2.05) is 19.1 Å². The van der Waals surface area contributed by atoms with Crippen LogP contribution in [0.3, 0.4) is 0 Å². The number of alkyl halides is 3. The highest BCUT2D eigenvalue weighted by atomic mass is 19.4. The molecule has 2 aromatic rings. The molecule has 0 saturated carbocycles. The van der Waals surface area contributed by atoms with E-state index in [-0.39, 0.29) is 5.56 Å². The largest absolute Gasteiger partial charge is 0.573 e. The SMILES string of the molecule is Cc1ccccc1NC(=O)COC(=O)c1ccc(OC(F)(F)F)cc1. The molecule has 0 atom stereocenters. The summed E-state index contributed by atoms with van der Waals surface area (Å²) in [4.78, 5) is 23.6. The van der Waals surface area contributed by atoms with Gasteiger partial charge in [-0.3, -0.25) is 4.79 Å². The summed E-state index contributed by atoms with van der Waals surface area (Å²) in [6.45, 7) is 1.29. The first-order chi connectivity index (χ1) is 11.7. The number of ether oxygens (including phenoxy) is 2. The normalized spacial score (nSPS) is 10.9. The summed E-state index contributed by atoms with van der Waals surface area (Å²) < 4.78 is 44.7. The Morgan fingerprint density at radius 3 is 2.28 bits per heavy atom. The van der Waals surface area contributed by atoms with Gasteiger partial charge in [-0.1, -0.05) is 18.2 Å². The third-order valence-electron chi connectivity index (χ3n) is 3.08. The first-order valence-electron chi connectivity index (χ1n) is 7.13. The highest BCUT2D eigenvalue weighted by molar-refractivity contribution is 5.95. The third kappa shape index (κ3) is 5.83. The molecule has 5 nitrogen and oxygen atoms in total. The van der Waals surface area contributed by atoms with E-state index in [1.165, 1.54) is 0 Å². The number of para-hydroxylation sites is 1. The van der Waals surface area contributed by atoms with Crippen molar-refractivity contribution in [2.75, 3.05) is 11.9 Å². The summed E-state index contributed by atoms with van der Waals surface area (Å²) in [5.41, 5.74) is 1.44. The van der Waals surface area contributed by atoms with Crippen molar-refractivity contribution in [3.63, 3.8) is 0 Å². The number of aryl methyl sites for hydroxylation is 1. The molecule has 0 aliphatic carbocycles. The Kier molecular flexibility index (Phi) is 5.63. The summed E-state index contributed by atoms with van der Waals surface area (Å²) in [7, 11) is 0. The minimum atomic E-state index is -4.81. The highest BCUT2D eigenvalue weighted by Crippen LogP contribution is 2.22. The quantitative estimate of drug-likeness (QED) is 0.833. The molecule has 0 fully saturated rings. The van der Waals surface area contributed by atoms with Gasteiger partial charge >= 0.3 is 12.3 Å². The summed E-state index contributed by atoms with van der Waals surface area (Å²) in [6, 6.07) is 11.3. The van der Waals surface area contributed by atoms with E-state index in [0.29, 0.717) is 5.69 Å². The highest BCUT2D eigenvalue weighted by Gasteiger charge is 2.31. The van der Waals surface area contributed by atoms with Crippen LogP contribution in [0.4, 0.5) is 18.9 Å². The molecule has 0 aromatic heterocycles. The average Bonchev–Trinajstić information content (AvgIpc) is 2.54. The van der Waals surface area contributed by atoms with Gasteiger partial charge in [0.15, 0.2) is 6.61 Å². The van der Waals surface area contributed by atoms with Crippen molar-refractivity contribution < 1.29 is 32.2 Å². The smallest absolute Gasteiger partial charge is 0.452 e. The van der Waals surface area contributed by atoms with Crippen molar-refractivity contribution in [2.45, 2.75) is 13.3 Å². The molecule has 0 spiro atoms. The fourth-order valence-electron chi connectivity index (χ4n) is 1.91. The monoisotopic (exact) mass is 353 g/mol. The molecular formula is C17H14F3NO4. The first-order valence-corrected chi connectivity index (χ1v) is 7.13. The van der Waals surface area contributed by atoms with Crippen LogP contribution in [0.15, 0.2) is 48.5 Å². The lowest BCUT2D eigenvalue weighted by atomic mass is 10.2. The van der Waals surface area contributed by atoms with Gasteiger partial charge in [0, 0.05) is 5.69 Å². The molecule has 0 aliphatic heterocycles. The lowest BCUT2D eigenvalue weighted by molar-refractivity contribution is -0.274. The van der Waals surface area contributed by atoms with Gasteiger partial charge in [-0.05, 0) is 42.8 Å². The molecule has 8 heteroatoms. The molecular weight excluding hydrogens is 339 g/mol. The maximum absolute atomic E-state index is 12.1. The number of carbonyl (C=O) groups excluding carboxylic acids is 2. The number of amides is 1. The number of benzene rings is 2. The van der Waals surface area contributed by atoms with E-state index < -0.39 is 30.6 Å². The Morgan fingerprint density at radius 2 is 1.68 bits per heavy atom. The fraction of sp³-hybridized carbons (Fsp3) is 0.176. The van der Waals surface area contributed by atoms with Gasteiger partial charge < -0.3 is 14.8 Å². The number of hydrogen-bond acceptors (Lipinski definition) is 4. The molecule has 2 rings (SSSR count). The van der Waals surface area contributed by atoms with E-state index in [0.717, 1.165) is 29.8 Å². The lowest BCUT2D eigenvalue weighted by Gasteiger charge is -2.10. The fourth-order valence-corrected chi connectivity index (χ4v) is 1.91. The minimum Gasteiger partial charge on any atom is -0.452 e. The molecule has 132 valence electrons. The van der Waals surface area contributed by atoms with Gasteiger partial charge in [0.05, 0.1) is 5.56 Å². The predicted molar refractivity (Wildman–Crippen MR) is 83.2 cm³/mol. The maximum atomic E-state index is 12.1. The van der Waals surface area contributed by atoms with Crippen molar-refractivity contribution in [2.24, 2.45) is 0 Å². The number of carbonyl (C=O) groups is 2. The van der Waals surface area contributed by atoms with Crippen LogP contribution in [0.5, 0.6) is 5.75 Å². The van der Waals surface area contributed by atoms with E-state index >= 15 is 0 Å². The van der Waals surface area contributed by atoms with E-state index in [4.69, 9.17) is 4.74 Å². The summed E-state index contributed by atoms with van der Waals surface area (Å²) in [6.07, 6.45) is -4.81. The Hall–Kier alpha value is -3.03. The van der Waals surface area contributed by atoms with Gasteiger partial charge in [-0.15, -0.1) is 13.2 Å². The van der Waals surface area contributed by atoms with Crippen LogP contribution in [-0.4, -0.2) is 24.8 Å². The molecule has 0 saturated heterocycles. The number of nitrogens with one attached hydrogen (secondary N) is 1. The van der Waals surface area contributed by atoms with E-state index in [9.17, 15) is 22.8 Å². The number of esters is 1. The summed E-state index contributed by atoms with van der Waals surface area (Å²) in [5, 5.41) is 2.59. The maximum Gasteiger partial charge on any atom is 0.573 e. The predicted octanol–water partition coefficient (Wildman–Crippen LogP) is 3.69. The van der Waals surface area contributed by atoms with Crippen LogP contribution < -0.4 is 10.1 Å². The second-order valence-electron chi connectivity index (χ2n) is 5.01. The van der Waals surface area contributed by atoms with Crippen molar-refractivity contribution in [3.8, 4) is 5.75 Å². The van der Waals surface area contributed by atoms with Gasteiger partial charge in [-0.2, -0.15) is 0 Å². The zero-order valence-corrected chi connectivity index (χ0v) is 13.1. The summed E-state index contributed by atoms with van der Waals surface area (Å²) >= 11 is 0. The Bertz CT molecular complexity index is 757. The number of halogens is 3. The second-order valence-corrected chi connectivity index (χ2v) is 5.01. The molecule has 0 bridgehead atoms. The Balaban J connectivity index is 1.87. The third-order valence-corrected chi connectivity index (χ3v) is 3.08. The van der Waals surface area contributed by atoms with Gasteiger partial charge in [-0.25, -0.2) is 4.79 Å². The second kappa shape index (κ2) is 7.69. The van der Waals surface area contributed by atoms with Gasteiger partial charge in [0.1, 0.15) is 5.75 Å². The van der Waals surface area contributed by atoms with Gasteiger partial charge in [0.2, 0.25) is 0 Å². The zero-order chi connectivity index (χ0) is 18.4. The lowest BCUT2D eigenvalue weighted by Crippen LogP contribution is -2.21. The van der Waals surface area contributed by atoms with Crippen molar-refractivity contribution in [1.82, 2.24) is 0 Å². The van der Waals surface area contributed by atoms with Crippen molar-refractivity contribution >= 4 is 17.6 Å². The molecule has 0 unspecified atom stereocenters. The average molecular weight is 353 g/mol. The molecule has 0 heterocycles. The van der Waals surface area contributed by atoms with Crippen LogP contribution >= 0.6 is 0 Å². The summed E-state index contributed by atoms with van der Waals surface area (Å²) in [5.74, 6) is -1.82. The zero-order valence-electron chi connectivity index (χ0n) is 13.1. The number of rotatable bonds is 5. The molecule has 25 heavy (non-hydrogen) atoms. The van der Waals surface area contributed by atoms with Crippen LogP contribution in [-0.2, 0) is 9.53 Å². The Morgan fingerprint density at radius 1 is 1.04 bits per heavy atom. The number of hydrogen-bond donors (Lipinski definition) is 1. The number of anilines is 1. The molecule has 1 amide bonds. The molecule has 0 radical (unpaired) electrons. The van der Waals surface area contributed by atoms with Gasteiger partial charge in [0.25, 0.3) is 5.91 Å². The minimum absolute atomic E-state index is 0.00165. The molecule has 2 aromatic carbocycles. The van der Waals surface area contributed by atoms with Crippen LogP contribution in [0.1, 0.15) is 15.9 Å². The first kappa shape index (κ1) is 18.3. The van der Waals surface area contributed by atoms with Crippen LogP contribution in [0, 0.1) is 6.92 Å².